The number of fused-ring (bicyclic) bond motifs is 1. The van der Waals surface area contributed by atoms with Crippen LogP contribution in [0, 0.1) is 17.2 Å². The van der Waals surface area contributed by atoms with Gasteiger partial charge in [0.2, 0.25) is 5.91 Å². The molecule has 36 heavy (non-hydrogen) atoms. The van der Waals surface area contributed by atoms with Gasteiger partial charge in [0.25, 0.3) is 5.91 Å². The fraction of sp³-hybridized carbons (Fsp3) is 0.464. The Kier molecular flexibility index (Phi) is 7.73. The van der Waals surface area contributed by atoms with Crippen LogP contribution in [0.1, 0.15) is 62.6 Å². The highest BCUT2D eigenvalue weighted by atomic mass is 19.1. The number of benzene rings is 2. The lowest BCUT2D eigenvalue weighted by Crippen LogP contribution is -2.54. The van der Waals surface area contributed by atoms with E-state index in [0.717, 1.165) is 18.4 Å². The zero-order valence-corrected chi connectivity index (χ0v) is 21.4. The normalized spacial score (nSPS) is 16.5. The van der Waals surface area contributed by atoms with Crippen LogP contribution in [0.2, 0.25) is 0 Å². The predicted octanol–water partition coefficient (Wildman–Crippen LogP) is 4.62. The molecule has 0 radical (unpaired) electrons. The summed E-state index contributed by atoms with van der Waals surface area (Å²) < 4.78 is 21.9. The van der Waals surface area contributed by atoms with Crippen LogP contribution in [0.4, 0.5) is 4.39 Å². The molecular formula is C28H35FN4O3. The van der Waals surface area contributed by atoms with Crippen LogP contribution in [-0.4, -0.2) is 40.9 Å². The van der Waals surface area contributed by atoms with Crippen molar-refractivity contribution in [3.8, 4) is 0 Å². The molecule has 2 N–H and O–H groups in total. The molecular weight excluding hydrogens is 459 g/mol. The van der Waals surface area contributed by atoms with Gasteiger partial charge in [-0.05, 0) is 42.7 Å². The molecule has 2 heterocycles. The van der Waals surface area contributed by atoms with Gasteiger partial charge in [-0.3, -0.25) is 14.3 Å². The zero-order valence-electron chi connectivity index (χ0n) is 21.4. The molecule has 0 aliphatic carbocycles. The first-order valence-electron chi connectivity index (χ1n) is 12.5. The quantitative estimate of drug-likeness (QED) is 0.502. The molecule has 1 fully saturated rings. The highest BCUT2D eigenvalue weighted by molar-refractivity contribution is 6.06. The first-order chi connectivity index (χ1) is 17.1. The molecule has 0 spiro atoms. The van der Waals surface area contributed by atoms with E-state index in [1.54, 1.807) is 16.8 Å². The second kappa shape index (κ2) is 10.8. The molecule has 1 aliphatic rings. The molecule has 0 bridgehead atoms. The van der Waals surface area contributed by atoms with Crippen molar-refractivity contribution in [2.45, 2.75) is 59.2 Å². The molecule has 1 aliphatic heterocycles. The Morgan fingerprint density at radius 2 is 1.78 bits per heavy atom. The average molecular weight is 495 g/mol. The lowest BCUT2D eigenvalue weighted by Gasteiger charge is -2.31. The lowest BCUT2D eigenvalue weighted by atomic mass is 9.85. The monoisotopic (exact) mass is 494 g/mol. The van der Waals surface area contributed by atoms with Crippen LogP contribution in [-0.2, 0) is 16.1 Å². The molecule has 2 amide bonds. The summed E-state index contributed by atoms with van der Waals surface area (Å²) in [6.45, 7) is 9.44. The average Bonchev–Trinajstić information content (AvgIpc) is 3.22. The molecule has 1 aromatic heterocycles. The molecule has 2 aromatic carbocycles. The number of nitrogens with one attached hydrogen (secondary N) is 2. The van der Waals surface area contributed by atoms with E-state index in [2.05, 4.69) is 15.7 Å². The third kappa shape index (κ3) is 5.75. The van der Waals surface area contributed by atoms with E-state index in [-0.39, 0.29) is 17.6 Å². The fourth-order valence-corrected chi connectivity index (χ4v) is 4.66. The lowest BCUT2D eigenvalue weighted by molar-refractivity contribution is -0.126. The third-order valence-electron chi connectivity index (χ3n) is 6.77. The summed E-state index contributed by atoms with van der Waals surface area (Å²) in [6, 6.07) is 13.3. The molecule has 2 unspecified atom stereocenters. The number of carbonyl (C=O) groups excluding carboxylic acids is 2. The second-order valence-corrected chi connectivity index (χ2v) is 10.6. The van der Waals surface area contributed by atoms with E-state index >= 15 is 0 Å². The Hall–Kier alpha value is -3.26. The van der Waals surface area contributed by atoms with Crippen molar-refractivity contribution in [3.05, 3.63) is 65.6 Å². The maximum atomic E-state index is 14.9. The van der Waals surface area contributed by atoms with Gasteiger partial charge in [0.15, 0.2) is 5.69 Å². The van der Waals surface area contributed by atoms with Crippen LogP contribution in [0.5, 0.6) is 0 Å². The molecule has 3 aromatic rings. The fourth-order valence-electron chi connectivity index (χ4n) is 4.66. The molecule has 0 saturated carbocycles. The van der Waals surface area contributed by atoms with Crippen molar-refractivity contribution in [2.24, 2.45) is 11.3 Å². The topological polar surface area (TPSA) is 85.3 Å². The summed E-state index contributed by atoms with van der Waals surface area (Å²) in [5.74, 6) is -0.916. The molecule has 2 atom stereocenters. The van der Waals surface area contributed by atoms with Gasteiger partial charge in [-0.1, -0.05) is 63.2 Å². The molecule has 4 rings (SSSR count). The Morgan fingerprint density at radius 3 is 2.44 bits per heavy atom. The Morgan fingerprint density at radius 1 is 1.08 bits per heavy atom. The standard InChI is InChI=1S/C28H35FN4O3/c1-18(20-9-6-5-7-10-20)30-27(35)25(28(2,3)4)31-26(34)23-21-11-8-12-22(29)24(21)33(32-23)17-19-13-15-36-16-14-19/h5-12,18-19,25H,13-17H2,1-4H3,(H,30,35)(H,31,34). The number of aromatic nitrogens is 2. The second-order valence-electron chi connectivity index (χ2n) is 10.6. The van der Waals surface area contributed by atoms with Crippen molar-refractivity contribution < 1.29 is 18.7 Å². The summed E-state index contributed by atoms with van der Waals surface area (Å²) in [6.07, 6.45) is 1.73. The summed E-state index contributed by atoms with van der Waals surface area (Å²) in [4.78, 5) is 26.8. The Bertz CT molecular complexity index is 1210. The minimum absolute atomic E-state index is 0.120. The number of rotatable bonds is 7. The van der Waals surface area contributed by atoms with E-state index in [4.69, 9.17) is 4.74 Å². The Labute approximate surface area is 211 Å². The number of carbonyl (C=O) groups is 2. The molecule has 8 heteroatoms. The molecule has 192 valence electrons. The zero-order chi connectivity index (χ0) is 25.9. The van der Waals surface area contributed by atoms with Gasteiger partial charge in [0, 0.05) is 25.1 Å². The third-order valence-corrected chi connectivity index (χ3v) is 6.77. The number of amides is 2. The van der Waals surface area contributed by atoms with Crippen molar-refractivity contribution in [1.82, 2.24) is 20.4 Å². The number of hydrogen-bond donors (Lipinski definition) is 2. The van der Waals surface area contributed by atoms with Gasteiger partial charge in [0.05, 0.1) is 6.04 Å². The highest BCUT2D eigenvalue weighted by Gasteiger charge is 2.35. The predicted molar refractivity (Wildman–Crippen MR) is 137 cm³/mol. The van der Waals surface area contributed by atoms with Crippen LogP contribution in [0.15, 0.2) is 48.5 Å². The van der Waals surface area contributed by atoms with Crippen LogP contribution in [0.3, 0.4) is 0 Å². The van der Waals surface area contributed by atoms with Crippen LogP contribution < -0.4 is 10.6 Å². The van der Waals surface area contributed by atoms with Gasteiger partial charge >= 0.3 is 0 Å². The number of nitrogens with zero attached hydrogens (tertiary/aromatic N) is 2. The minimum Gasteiger partial charge on any atom is -0.381 e. The molecule has 7 nitrogen and oxygen atoms in total. The van der Waals surface area contributed by atoms with Crippen molar-refractivity contribution >= 4 is 22.7 Å². The summed E-state index contributed by atoms with van der Waals surface area (Å²) in [5, 5.41) is 10.9. The van der Waals surface area contributed by atoms with Gasteiger partial charge in [-0.25, -0.2) is 4.39 Å². The van der Waals surface area contributed by atoms with E-state index in [1.807, 2.05) is 58.0 Å². The van der Waals surface area contributed by atoms with Crippen molar-refractivity contribution in [3.63, 3.8) is 0 Å². The summed E-state index contributed by atoms with van der Waals surface area (Å²) in [7, 11) is 0. The van der Waals surface area contributed by atoms with Crippen LogP contribution in [0.25, 0.3) is 10.9 Å². The van der Waals surface area contributed by atoms with E-state index in [0.29, 0.717) is 36.6 Å². The van der Waals surface area contributed by atoms with Gasteiger partial charge in [-0.15, -0.1) is 0 Å². The SMILES string of the molecule is CC(NC(=O)C(NC(=O)c1nn(CC2CCOCC2)c2c(F)cccc12)C(C)(C)C)c1ccccc1. The summed E-state index contributed by atoms with van der Waals surface area (Å²) in [5.41, 5.74) is 0.832. The van der Waals surface area contributed by atoms with E-state index < -0.39 is 23.2 Å². The largest absolute Gasteiger partial charge is 0.381 e. The maximum absolute atomic E-state index is 14.9. The van der Waals surface area contributed by atoms with Gasteiger partial charge in [-0.2, -0.15) is 5.10 Å². The van der Waals surface area contributed by atoms with Crippen LogP contribution >= 0.6 is 0 Å². The maximum Gasteiger partial charge on any atom is 0.273 e. The van der Waals surface area contributed by atoms with E-state index in [9.17, 15) is 14.0 Å². The summed E-state index contributed by atoms with van der Waals surface area (Å²) >= 11 is 0. The first-order valence-corrected chi connectivity index (χ1v) is 12.5. The number of hydrogen-bond acceptors (Lipinski definition) is 4. The Balaban J connectivity index is 1.58. The van der Waals surface area contributed by atoms with Crippen molar-refractivity contribution in [2.75, 3.05) is 13.2 Å². The highest BCUT2D eigenvalue weighted by Crippen LogP contribution is 2.26. The minimum atomic E-state index is -0.819. The van der Waals surface area contributed by atoms with Crippen molar-refractivity contribution in [1.29, 1.82) is 0 Å². The van der Waals surface area contributed by atoms with Gasteiger partial charge < -0.3 is 15.4 Å². The number of halogens is 1. The smallest absolute Gasteiger partial charge is 0.273 e. The number of ether oxygens (including phenoxy) is 1. The number of para-hydroxylation sites is 1. The molecule has 1 saturated heterocycles. The van der Waals surface area contributed by atoms with E-state index in [1.165, 1.54) is 6.07 Å². The van der Waals surface area contributed by atoms with Gasteiger partial charge in [0.1, 0.15) is 17.4 Å². The first kappa shape index (κ1) is 25.8.